The summed E-state index contributed by atoms with van der Waals surface area (Å²) in [6, 6.07) is 2.55. The van der Waals surface area contributed by atoms with E-state index >= 15 is 0 Å². The topological polar surface area (TPSA) is 23.8 Å². The van der Waals surface area contributed by atoms with E-state index in [1.54, 1.807) is 0 Å². The summed E-state index contributed by atoms with van der Waals surface area (Å²) in [5.74, 6) is 1.75. The van der Waals surface area contributed by atoms with E-state index in [0.717, 1.165) is 11.8 Å². The van der Waals surface area contributed by atoms with Gasteiger partial charge in [-0.15, -0.1) is 0 Å². The Morgan fingerprint density at radius 1 is 1.38 bits per heavy atom. The Bertz CT molecular complexity index is 218. The first kappa shape index (κ1) is 9.06. The van der Waals surface area contributed by atoms with Gasteiger partial charge in [0.2, 0.25) is 0 Å². The standard InChI is InChI=1S/C12H19N/c1-10(11-4-2-5-11)8-12(9-13)6-3-7-12/h10-11H,2-8H2,1H3. The predicted molar refractivity (Wildman–Crippen MR) is 53.0 cm³/mol. The van der Waals surface area contributed by atoms with E-state index in [4.69, 9.17) is 5.26 Å². The monoisotopic (exact) mass is 177 g/mol. The molecule has 0 aromatic heterocycles. The Hall–Kier alpha value is -0.510. The van der Waals surface area contributed by atoms with Crippen LogP contribution in [0.25, 0.3) is 0 Å². The van der Waals surface area contributed by atoms with Gasteiger partial charge in [-0.05, 0) is 31.1 Å². The summed E-state index contributed by atoms with van der Waals surface area (Å²) < 4.78 is 0. The number of nitriles is 1. The van der Waals surface area contributed by atoms with Crippen LogP contribution in [0.4, 0.5) is 0 Å². The maximum absolute atomic E-state index is 9.11. The van der Waals surface area contributed by atoms with Crippen LogP contribution in [0.3, 0.4) is 0 Å². The molecule has 0 aromatic carbocycles. The average Bonchev–Trinajstić information content (AvgIpc) is 1.93. The second-order valence-corrected chi connectivity index (χ2v) is 5.12. The number of hydrogen-bond donors (Lipinski definition) is 0. The first-order chi connectivity index (χ1) is 6.26. The minimum atomic E-state index is 0.106. The molecule has 0 amide bonds. The van der Waals surface area contributed by atoms with E-state index in [0.29, 0.717) is 0 Å². The van der Waals surface area contributed by atoms with Crippen LogP contribution < -0.4 is 0 Å². The first-order valence-electron chi connectivity index (χ1n) is 5.67. The molecule has 0 N–H and O–H groups in total. The van der Waals surface area contributed by atoms with Crippen LogP contribution in [0, 0.1) is 28.6 Å². The molecule has 1 heteroatoms. The number of nitrogens with zero attached hydrogens (tertiary/aromatic N) is 1. The van der Waals surface area contributed by atoms with Crippen molar-refractivity contribution in [1.82, 2.24) is 0 Å². The molecule has 2 aliphatic rings. The zero-order valence-corrected chi connectivity index (χ0v) is 8.55. The third-order valence-corrected chi connectivity index (χ3v) is 4.22. The lowest BCUT2D eigenvalue weighted by Crippen LogP contribution is -2.33. The van der Waals surface area contributed by atoms with Crippen molar-refractivity contribution in [2.75, 3.05) is 0 Å². The van der Waals surface area contributed by atoms with Crippen molar-refractivity contribution in [3.05, 3.63) is 0 Å². The molecule has 13 heavy (non-hydrogen) atoms. The highest BCUT2D eigenvalue weighted by Crippen LogP contribution is 2.48. The van der Waals surface area contributed by atoms with Gasteiger partial charge in [0.05, 0.1) is 11.5 Å². The van der Waals surface area contributed by atoms with Crippen LogP contribution >= 0.6 is 0 Å². The zero-order chi connectivity index (χ0) is 9.31. The summed E-state index contributed by atoms with van der Waals surface area (Å²) in [5, 5.41) is 9.11. The predicted octanol–water partition coefficient (Wildman–Crippen LogP) is 3.51. The fourth-order valence-electron chi connectivity index (χ4n) is 2.76. The molecular weight excluding hydrogens is 158 g/mol. The lowest BCUT2D eigenvalue weighted by atomic mass is 9.62. The van der Waals surface area contributed by atoms with Crippen LogP contribution in [-0.2, 0) is 0 Å². The smallest absolute Gasteiger partial charge is 0.0689 e. The van der Waals surface area contributed by atoms with Crippen molar-refractivity contribution in [2.24, 2.45) is 17.3 Å². The summed E-state index contributed by atoms with van der Waals surface area (Å²) in [6.45, 7) is 2.35. The Balaban J connectivity index is 1.85. The van der Waals surface area contributed by atoms with Crippen molar-refractivity contribution in [3.8, 4) is 6.07 Å². The highest BCUT2D eigenvalue weighted by Gasteiger charge is 2.40. The van der Waals surface area contributed by atoms with Gasteiger partial charge < -0.3 is 0 Å². The molecule has 1 atom stereocenters. The molecule has 0 aliphatic heterocycles. The molecule has 2 rings (SSSR count). The van der Waals surface area contributed by atoms with Crippen LogP contribution in [-0.4, -0.2) is 0 Å². The van der Waals surface area contributed by atoms with Crippen molar-refractivity contribution in [1.29, 1.82) is 5.26 Å². The Labute approximate surface area is 81.1 Å². The molecule has 72 valence electrons. The van der Waals surface area contributed by atoms with Gasteiger partial charge in [0, 0.05) is 0 Å². The van der Waals surface area contributed by atoms with Gasteiger partial charge in [0.1, 0.15) is 0 Å². The molecular formula is C12H19N. The van der Waals surface area contributed by atoms with E-state index in [1.807, 2.05) is 0 Å². The first-order valence-corrected chi connectivity index (χ1v) is 5.67. The van der Waals surface area contributed by atoms with Crippen molar-refractivity contribution < 1.29 is 0 Å². The van der Waals surface area contributed by atoms with Gasteiger partial charge in [-0.25, -0.2) is 0 Å². The maximum atomic E-state index is 9.11. The highest BCUT2D eigenvalue weighted by atomic mass is 14.5. The van der Waals surface area contributed by atoms with Crippen LogP contribution in [0.2, 0.25) is 0 Å². The third kappa shape index (κ3) is 1.59. The molecule has 0 saturated heterocycles. The Morgan fingerprint density at radius 2 is 2.08 bits per heavy atom. The minimum Gasteiger partial charge on any atom is -0.198 e. The second-order valence-electron chi connectivity index (χ2n) is 5.12. The summed E-state index contributed by atoms with van der Waals surface area (Å²) in [5.41, 5.74) is 0.106. The van der Waals surface area contributed by atoms with E-state index in [9.17, 15) is 0 Å². The van der Waals surface area contributed by atoms with Gasteiger partial charge in [-0.3, -0.25) is 0 Å². The SMILES string of the molecule is CC(CC1(C#N)CCC1)C1CCC1. The Kier molecular flexibility index (Phi) is 2.32. The minimum absolute atomic E-state index is 0.106. The van der Waals surface area contributed by atoms with Gasteiger partial charge in [0.15, 0.2) is 0 Å². The van der Waals surface area contributed by atoms with Gasteiger partial charge in [-0.2, -0.15) is 5.26 Å². The molecule has 0 bridgehead atoms. The quantitative estimate of drug-likeness (QED) is 0.647. The van der Waals surface area contributed by atoms with Crippen molar-refractivity contribution >= 4 is 0 Å². The van der Waals surface area contributed by atoms with Gasteiger partial charge in [-0.1, -0.05) is 32.6 Å². The van der Waals surface area contributed by atoms with E-state index in [2.05, 4.69) is 13.0 Å². The summed E-state index contributed by atoms with van der Waals surface area (Å²) in [7, 11) is 0. The lowest BCUT2D eigenvalue weighted by molar-refractivity contribution is 0.113. The van der Waals surface area contributed by atoms with Gasteiger partial charge >= 0.3 is 0 Å². The average molecular weight is 177 g/mol. The van der Waals surface area contributed by atoms with Crippen LogP contribution in [0.5, 0.6) is 0 Å². The molecule has 0 aromatic rings. The van der Waals surface area contributed by atoms with Crippen LogP contribution in [0.15, 0.2) is 0 Å². The summed E-state index contributed by atoms with van der Waals surface area (Å²) >= 11 is 0. The fourth-order valence-corrected chi connectivity index (χ4v) is 2.76. The van der Waals surface area contributed by atoms with E-state index < -0.39 is 0 Å². The second kappa shape index (κ2) is 3.33. The van der Waals surface area contributed by atoms with E-state index in [-0.39, 0.29) is 5.41 Å². The fraction of sp³-hybridized carbons (Fsp3) is 0.917. The van der Waals surface area contributed by atoms with E-state index in [1.165, 1.54) is 44.9 Å². The molecule has 2 aliphatic carbocycles. The lowest BCUT2D eigenvalue weighted by Gasteiger charge is -2.41. The Morgan fingerprint density at radius 3 is 2.38 bits per heavy atom. The highest BCUT2D eigenvalue weighted by molar-refractivity contribution is 5.05. The number of rotatable bonds is 3. The summed E-state index contributed by atoms with van der Waals surface area (Å²) in [4.78, 5) is 0. The molecule has 0 spiro atoms. The molecule has 0 heterocycles. The third-order valence-electron chi connectivity index (χ3n) is 4.22. The molecule has 1 unspecified atom stereocenters. The van der Waals surface area contributed by atoms with Crippen molar-refractivity contribution in [2.45, 2.75) is 51.9 Å². The molecule has 1 nitrogen and oxygen atoms in total. The molecule has 0 radical (unpaired) electrons. The van der Waals surface area contributed by atoms with Crippen molar-refractivity contribution in [3.63, 3.8) is 0 Å². The normalized spacial score (nSPS) is 28.3. The zero-order valence-electron chi connectivity index (χ0n) is 8.55. The largest absolute Gasteiger partial charge is 0.198 e. The van der Waals surface area contributed by atoms with Gasteiger partial charge in [0.25, 0.3) is 0 Å². The molecule has 2 saturated carbocycles. The number of hydrogen-bond acceptors (Lipinski definition) is 1. The molecule has 2 fully saturated rings. The maximum Gasteiger partial charge on any atom is 0.0689 e. The van der Waals surface area contributed by atoms with Crippen LogP contribution in [0.1, 0.15) is 51.9 Å². The summed E-state index contributed by atoms with van der Waals surface area (Å²) in [6.07, 6.45) is 9.06.